The molecule has 0 saturated carbocycles. The number of carbonyl (C=O) groups is 1. The number of carbonyl (C=O) groups excluding carboxylic acids is 1. The van der Waals surface area contributed by atoms with Crippen molar-refractivity contribution in [2.45, 2.75) is 6.54 Å². The molecule has 2 heterocycles. The van der Waals surface area contributed by atoms with E-state index in [1.807, 2.05) is 41.8 Å². The zero-order valence-corrected chi connectivity index (χ0v) is 13.8. The zero-order chi connectivity index (χ0) is 14.7. The van der Waals surface area contributed by atoms with Crippen LogP contribution in [-0.2, 0) is 6.54 Å². The van der Waals surface area contributed by atoms with Crippen molar-refractivity contribution in [1.29, 1.82) is 0 Å². The summed E-state index contributed by atoms with van der Waals surface area (Å²) in [6, 6.07) is 13.2. The molecule has 0 aliphatic heterocycles. The van der Waals surface area contributed by atoms with Crippen molar-refractivity contribution in [3.8, 4) is 10.6 Å². The van der Waals surface area contributed by atoms with Gasteiger partial charge in [-0.2, -0.15) is 0 Å². The first-order chi connectivity index (χ1) is 10.2. The number of hydrogen-bond donors (Lipinski definition) is 1. The van der Waals surface area contributed by atoms with E-state index in [1.165, 1.54) is 0 Å². The Kier molecular flexibility index (Phi) is 4.35. The van der Waals surface area contributed by atoms with Crippen molar-refractivity contribution < 1.29 is 9.32 Å². The summed E-state index contributed by atoms with van der Waals surface area (Å²) in [6.07, 6.45) is 0. The van der Waals surface area contributed by atoms with Gasteiger partial charge in [0, 0.05) is 9.64 Å². The van der Waals surface area contributed by atoms with Gasteiger partial charge in [0.15, 0.2) is 5.76 Å². The molecule has 0 atom stereocenters. The normalized spacial score (nSPS) is 10.5. The molecule has 0 bridgehead atoms. The van der Waals surface area contributed by atoms with E-state index >= 15 is 0 Å². The molecule has 3 aromatic rings. The molecule has 0 saturated heterocycles. The average Bonchev–Trinajstić information content (AvgIpc) is 3.16. The van der Waals surface area contributed by atoms with Gasteiger partial charge in [-0.25, -0.2) is 0 Å². The number of hydrogen-bond acceptors (Lipinski definition) is 4. The summed E-state index contributed by atoms with van der Waals surface area (Å²) in [5.74, 6) is 0.615. The van der Waals surface area contributed by atoms with Crippen molar-refractivity contribution >= 4 is 39.8 Å². The van der Waals surface area contributed by atoms with E-state index in [-0.39, 0.29) is 5.91 Å². The molecule has 0 fully saturated rings. The van der Waals surface area contributed by atoms with Gasteiger partial charge in [-0.1, -0.05) is 23.4 Å². The summed E-state index contributed by atoms with van der Waals surface area (Å²) < 4.78 is 6.20. The van der Waals surface area contributed by atoms with Gasteiger partial charge in [0.2, 0.25) is 0 Å². The highest BCUT2D eigenvalue weighted by Crippen LogP contribution is 2.25. The Labute approximate surface area is 139 Å². The fraction of sp³-hybridized carbons (Fsp3) is 0.0667. The molecule has 21 heavy (non-hydrogen) atoms. The average molecular weight is 410 g/mol. The fourth-order valence-electron chi connectivity index (χ4n) is 1.84. The van der Waals surface area contributed by atoms with Crippen molar-refractivity contribution in [1.82, 2.24) is 10.5 Å². The van der Waals surface area contributed by atoms with Crippen LogP contribution in [-0.4, -0.2) is 11.1 Å². The summed E-state index contributed by atoms with van der Waals surface area (Å²) in [4.78, 5) is 13.1. The third-order valence-electron chi connectivity index (χ3n) is 2.87. The Morgan fingerprint density at radius 2 is 2.14 bits per heavy atom. The van der Waals surface area contributed by atoms with E-state index < -0.39 is 0 Å². The molecule has 0 aliphatic rings. The Balaban J connectivity index is 1.66. The predicted octanol–water partition coefficient (Wildman–Crippen LogP) is 3.94. The van der Waals surface area contributed by atoms with Crippen LogP contribution in [0.3, 0.4) is 0 Å². The molecule has 0 aliphatic carbocycles. The van der Waals surface area contributed by atoms with Gasteiger partial charge in [0.1, 0.15) is 5.69 Å². The second kappa shape index (κ2) is 6.40. The van der Waals surface area contributed by atoms with Gasteiger partial charge < -0.3 is 9.84 Å². The van der Waals surface area contributed by atoms with Crippen LogP contribution in [0.5, 0.6) is 0 Å². The molecule has 6 heteroatoms. The Morgan fingerprint density at radius 1 is 1.29 bits per heavy atom. The SMILES string of the molecule is O=C(NCc1cc(-c2cccs2)on1)c1ccccc1I. The topological polar surface area (TPSA) is 55.1 Å². The summed E-state index contributed by atoms with van der Waals surface area (Å²) in [5, 5.41) is 8.81. The van der Waals surface area contributed by atoms with Crippen molar-refractivity contribution in [3.63, 3.8) is 0 Å². The molecule has 0 radical (unpaired) electrons. The lowest BCUT2D eigenvalue weighted by Crippen LogP contribution is -2.23. The number of nitrogens with zero attached hydrogens (tertiary/aromatic N) is 1. The minimum absolute atomic E-state index is 0.110. The van der Waals surface area contributed by atoms with E-state index in [0.717, 1.165) is 14.2 Å². The predicted molar refractivity (Wildman–Crippen MR) is 90.1 cm³/mol. The van der Waals surface area contributed by atoms with Gasteiger partial charge >= 0.3 is 0 Å². The molecule has 4 nitrogen and oxygen atoms in total. The van der Waals surface area contributed by atoms with Gasteiger partial charge in [0.25, 0.3) is 5.91 Å². The minimum atomic E-state index is -0.110. The molecule has 1 aromatic carbocycles. The van der Waals surface area contributed by atoms with Crippen LogP contribution in [0.4, 0.5) is 0 Å². The number of nitrogens with one attached hydrogen (secondary N) is 1. The molecule has 106 valence electrons. The van der Waals surface area contributed by atoms with E-state index in [1.54, 1.807) is 17.4 Å². The summed E-state index contributed by atoms with van der Waals surface area (Å²) in [6.45, 7) is 0.346. The monoisotopic (exact) mass is 410 g/mol. The molecule has 3 rings (SSSR count). The van der Waals surface area contributed by atoms with Crippen LogP contribution in [0, 0.1) is 3.57 Å². The number of benzene rings is 1. The van der Waals surface area contributed by atoms with Crippen LogP contribution in [0.2, 0.25) is 0 Å². The Morgan fingerprint density at radius 3 is 2.90 bits per heavy atom. The lowest BCUT2D eigenvalue weighted by molar-refractivity contribution is 0.0949. The molecular weight excluding hydrogens is 399 g/mol. The fourth-order valence-corrected chi connectivity index (χ4v) is 3.15. The van der Waals surface area contributed by atoms with Gasteiger partial charge in [-0.15, -0.1) is 11.3 Å². The first-order valence-electron chi connectivity index (χ1n) is 6.26. The van der Waals surface area contributed by atoms with Crippen LogP contribution in [0.15, 0.2) is 52.4 Å². The molecular formula is C15H11IN2O2S. The second-order valence-corrected chi connectivity index (χ2v) is 6.43. The van der Waals surface area contributed by atoms with E-state index in [9.17, 15) is 4.79 Å². The standard InChI is InChI=1S/C15H11IN2O2S/c16-12-5-2-1-4-11(12)15(19)17-9-10-8-13(20-18-10)14-6-3-7-21-14/h1-8H,9H2,(H,17,19). The number of amides is 1. The lowest BCUT2D eigenvalue weighted by Gasteiger charge is -2.04. The van der Waals surface area contributed by atoms with Crippen molar-refractivity contribution in [2.24, 2.45) is 0 Å². The first-order valence-corrected chi connectivity index (χ1v) is 8.22. The summed E-state index contributed by atoms with van der Waals surface area (Å²) in [7, 11) is 0. The highest BCUT2D eigenvalue weighted by atomic mass is 127. The molecule has 0 unspecified atom stereocenters. The largest absolute Gasteiger partial charge is 0.355 e. The molecule has 1 amide bonds. The second-order valence-electron chi connectivity index (χ2n) is 4.32. The maximum atomic E-state index is 12.1. The van der Waals surface area contributed by atoms with E-state index in [2.05, 4.69) is 33.1 Å². The maximum absolute atomic E-state index is 12.1. The quantitative estimate of drug-likeness (QED) is 0.664. The van der Waals surface area contributed by atoms with E-state index in [4.69, 9.17) is 4.52 Å². The molecule has 0 spiro atoms. The molecule has 1 N–H and O–H groups in total. The number of thiophene rings is 1. The van der Waals surface area contributed by atoms with Crippen molar-refractivity contribution in [2.75, 3.05) is 0 Å². The van der Waals surface area contributed by atoms with E-state index in [0.29, 0.717) is 17.8 Å². The third-order valence-corrected chi connectivity index (χ3v) is 4.70. The Bertz CT molecular complexity index is 753. The minimum Gasteiger partial charge on any atom is -0.355 e. The highest BCUT2D eigenvalue weighted by Gasteiger charge is 2.11. The third kappa shape index (κ3) is 3.33. The highest BCUT2D eigenvalue weighted by molar-refractivity contribution is 14.1. The number of rotatable bonds is 4. The number of aromatic nitrogens is 1. The van der Waals surface area contributed by atoms with Crippen LogP contribution in [0.25, 0.3) is 10.6 Å². The summed E-state index contributed by atoms with van der Waals surface area (Å²) >= 11 is 3.74. The summed E-state index contributed by atoms with van der Waals surface area (Å²) in [5.41, 5.74) is 1.37. The first kappa shape index (κ1) is 14.3. The van der Waals surface area contributed by atoms with Crippen molar-refractivity contribution in [3.05, 3.63) is 62.7 Å². The smallest absolute Gasteiger partial charge is 0.252 e. The van der Waals surface area contributed by atoms with Crippen LogP contribution in [0.1, 0.15) is 16.1 Å². The Hall–Kier alpha value is -1.67. The van der Waals surface area contributed by atoms with Crippen LogP contribution < -0.4 is 5.32 Å². The maximum Gasteiger partial charge on any atom is 0.252 e. The van der Waals surface area contributed by atoms with Gasteiger partial charge in [-0.3, -0.25) is 4.79 Å². The zero-order valence-electron chi connectivity index (χ0n) is 10.9. The van der Waals surface area contributed by atoms with Gasteiger partial charge in [-0.05, 0) is 46.2 Å². The lowest BCUT2D eigenvalue weighted by atomic mass is 10.2. The molecule has 2 aromatic heterocycles. The number of halogens is 1. The van der Waals surface area contributed by atoms with Gasteiger partial charge in [0.05, 0.1) is 17.0 Å². The van der Waals surface area contributed by atoms with Crippen LogP contribution >= 0.6 is 33.9 Å².